The Balaban J connectivity index is 0.00000196. The van der Waals surface area contributed by atoms with E-state index in [0.29, 0.717) is 12.6 Å². The third-order valence-electron chi connectivity index (χ3n) is 3.00. The first kappa shape index (κ1) is 14.7. The number of amides is 1. The summed E-state index contributed by atoms with van der Waals surface area (Å²) in [5.41, 5.74) is 0. The topological polar surface area (TPSA) is 32.3 Å². The number of carbonyl (C=O) groups excluding carboxylic acids is 1. The fourth-order valence-corrected chi connectivity index (χ4v) is 2.28. The van der Waals surface area contributed by atoms with Crippen molar-refractivity contribution in [3.8, 4) is 0 Å². The average molecular weight is 235 g/mol. The van der Waals surface area contributed by atoms with Gasteiger partial charge in [0.15, 0.2) is 0 Å². The molecule has 1 N–H and O–H groups in total. The van der Waals surface area contributed by atoms with Crippen molar-refractivity contribution >= 4 is 18.3 Å². The third kappa shape index (κ3) is 4.39. The fraction of sp³-hybridized carbons (Fsp3) is 0.909. The van der Waals surface area contributed by atoms with Crippen LogP contribution in [0.1, 0.15) is 39.0 Å². The van der Waals surface area contributed by atoms with Crippen molar-refractivity contribution in [3.63, 3.8) is 0 Å². The molecular formula is C11H23ClN2O. The van der Waals surface area contributed by atoms with Crippen molar-refractivity contribution in [2.45, 2.75) is 45.1 Å². The van der Waals surface area contributed by atoms with E-state index in [1.54, 1.807) is 0 Å². The van der Waals surface area contributed by atoms with E-state index >= 15 is 0 Å². The molecule has 0 aromatic rings. The zero-order valence-corrected chi connectivity index (χ0v) is 10.6. The molecule has 1 aliphatic rings. The predicted molar refractivity (Wildman–Crippen MR) is 65.4 cm³/mol. The number of nitrogens with one attached hydrogen (secondary N) is 1. The highest BCUT2D eigenvalue weighted by molar-refractivity contribution is 5.85. The van der Waals surface area contributed by atoms with E-state index in [1.807, 2.05) is 11.9 Å². The molecule has 1 rings (SSSR count). The van der Waals surface area contributed by atoms with Gasteiger partial charge in [-0.1, -0.05) is 19.3 Å². The Morgan fingerprint density at radius 2 is 1.93 bits per heavy atom. The molecule has 0 unspecified atom stereocenters. The molecule has 0 heterocycles. The van der Waals surface area contributed by atoms with Crippen LogP contribution in [0.25, 0.3) is 0 Å². The van der Waals surface area contributed by atoms with Gasteiger partial charge in [0, 0.05) is 12.6 Å². The normalized spacial score (nSPS) is 16.9. The zero-order chi connectivity index (χ0) is 10.4. The maximum absolute atomic E-state index is 11.7. The number of halogens is 1. The second-order valence-corrected chi connectivity index (χ2v) is 4.00. The number of rotatable bonds is 4. The molecule has 0 bridgehead atoms. The van der Waals surface area contributed by atoms with Crippen LogP contribution in [-0.4, -0.2) is 37.0 Å². The van der Waals surface area contributed by atoms with Gasteiger partial charge < -0.3 is 10.2 Å². The molecule has 0 aromatic carbocycles. The van der Waals surface area contributed by atoms with Gasteiger partial charge in [0.2, 0.25) is 5.91 Å². The van der Waals surface area contributed by atoms with Gasteiger partial charge in [-0.2, -0.15) is 0 Å². The summed E-state index contributed by atoms with van der Waals surface area (Å²) in [6, 6.07) is 0.509. The van der Waals surface area contributed by atoms with Crippen LogP contribution in [0.4, 0.5) is 0 Å². The van der Waals surface area contributed by atoms with E-state index in [1.165, 1.54) is 32.1 Å². The van der Waals surface area contributed by atoms with Crippen LogP contribution in [0.5, 0.6) is 0 Å². The molecule has 0 spiro atoms. The van der Waals surface area contributed by atoms with Gasteiger partial charge in [0.05, 0.1) is 6.54 Å². The van der Waals surface area contributed by atoms with Gasteiger partial charge >= 0.3 is 0 Å². The molecule has 0 aliphatic heterocycles. The highest BCUT2D eigenvalue weighted by atomic mass is 35.5. The molecule has 1 aliphatic carbocycles. The monoisotopic (exact) mass is 234 g/mol. The van der Waals surface area contributed by atoms with E-state index in [2.05, 4.69) is 12.2 Å². The number of hydrogen-bond donors (Lipinski definition) is 1. The summed E-state index contributed by atoms with van der Waals surface area (Å²) in [7, 11) is 1.83. The molecular weight excluding hydrogens is 212 g/mol. The summed E-state index contributed by atoms with van der Waals surface area (Å²) in [4.78, 5) is 13.8. The Labute approximate surface area is 99.0 Å². The van der Waals surface area contributed by atoms with Crippen molar-refractivity contribution in [2.24, 2.45) is 0 Å². The summed E-state index contributed by atoms with van der Waals surface area (Å²) in [6.07, 6.45) is 6.31. The highest BCUT2D eigenvalue weighted by Gasteiger charge is 2.23. The Hall–Kier alpha value is -0.280. The Morgan fingerprint density at radius 1 is 1.33 bits per heavy atom. The molecule has 1 fully saturated rings. The molecule has 0 atom stereocenters. The second-order valence-electron chi connectivity index (χ2n) is 4.00. The molecule has 1 amide bonds. The van der Waals surface area contributed by atoms with E-state index in [-0.39, 0.29) is 18.3 Å². The molecule has 0 aromatic heterocycles. The summed E-state index contributed by atoms with van der Waals surface area (Å²) in [6.45, 7) is 3.40. The van der Waals surface area contributed by atoms with Crippen LogP contribution >= 0.6 is 12.4 Å². The van der Waals surface area contributed by atoms with Gasteiger partial charge in [-0.25, -0.2) is 0 Å². The third-order valence-corrected chi connectivity index (χ3v) is 3.00. The van der Waals surface area contributed by atoms with Crippen LogP contribution in [0, 0.1) is 0 Å². The molecule has 4 heteroatoms. The fourth-order valence-electron chi connectivity index (χ4n) is 2.28. The van der Waals surface area contributed by atoms with Crippen molar-refractivity contribution in [3.05, 3.63) is 0 Å². The smallest absolute Gasteiger partial charge is 0.236 e. The molecule has 1 saturated carbocycles. The van der Waals surface area contributed by atoms with Crippen molar-refractivity contribution in [1.82, 2.24) is 10.2 Å². The lowest BCUT2D eigenvalue weighted by molar-refractivity contribution is -0.132. The molecule has 0 saturated heterocycles. The number of carbonyl (C=O) groups is 1. The summed E-state index contributed by atoms with van der Waals surface area (Å²) >= 11 is 0. The molecule has 0 radical (unpaired) electrons. The first-order chi connectivity index (χ1) is 6.79. The van der Waals surface area contributed by atoms with Crippen LogP contribution in [0.15, 0.2) is 0 Å². The van der Waals surface area contributed by atoms with Crippen LogP contribution in [0.2, 0.25) is 0 Å². The summed E-state index contributed by atoms with van der Waals surface area (Å²) in [5, 5.41) is 2.93. The number of hydrogen-bond acceptors (Lipinski definition) is 2. The van der Waals surface area contributed by atoms with E-state index in [4.69, 9.17) is 0 Å². The quantitative estimate of drug-likeness (QED) is 0.805. The average Bonchev–Trinajstić information content (AvgIpc) is 2.21. The number of nitrogens with zero attached hydrogens (tertiary/aromatic N) is 1. The lowest BCUT2D eigenvalue weighted by Gasteiger charge is -2.33. The predicted octanol–water partition coefficient (Wildman–Crippen LogP) is 1.81. The lowest BCUT2D eigenvalue weighted by Crippen LogP contribution is -2.44. The van der Waals surface area contributed by atoms with Gasteiger partial charge in [-0.05, 0) is 26.8 Å². The zero-order valence-electron chi connectivity index (χ0n) is 9.79. The van der Waals surface area contributed by atoms with Gasteiger partial charge in [0.25, 0.3) is 0 Å². The molecule has 90 valence electrons. The molecule has 3 nitrogen and oxygen atoms in total. The van der Waals surface area contributed by atoms with Crippen LogP contribution in [0.3, 0.4) is 0 Å². The van der Waals surface area contributed by atoms with Crippen LogP contribution < -0.4 is 5.32 Å². The second kappa shape index (κ2) is 7.94. The van der Waals surface area contributed by atoms with Gasteiger partial charge in [-0.15, -0.1) is 12.4 Å². The highest BCUT2D eigenvalue weighted by Crippen LogP contribution is 2.22. The van der Waals surface area contributed by atoms with Crippen molar-refractivity contribution in [2.75, 3.05) is 20.1 Å². The SMILES string of the molecule is CCN(C(=O)CNC)C1CCCCC1.Cl. The van der Waals surface area contributed by atoms with Gasteiger partial charge in [0.1, 0.15) is 0 Å². The summed E-state index contributed by atoms with van der Waals surface area (Å²) < 4.78 is 0. The van der Waals surface area contributed by atoms with Crippen molar-refractivity contribution < 1.29 is 4.79 Å². The first-order valence-corrected chi connectivity index (χ1v) is 5.73. The Morgan fingerprint density at radius 3 is 2.40 bits per heavy atom. The van der Waals surface area contributed by atoms with E-state index in [0.717, 1.165) is 6.54 Å². The largest absolute Gasteiger partial charge is 0.339 e. The lowest BCUT2D eigenvalue weighted by atomic mass is 9.94. The van der Waals surface area contributed by atoms with E-state index in [9.17, 15) is 4.79 Å². The number of likely N-dealkylation sites (N-methyl/N-ethyl adjacent to an activating group) is 2. The minimum absolute atomic E-state index is 0. The Bertz CT molecular complexity index is 181. The van der Waals surface area contributed by atoms with Gasteiger partial charge in [-0.3, -0.25) is 4.79 Å². The van der Waals surface area contributed by atoms with E-state index < -0.39 is 0 Å². The summed E-state index contributed by atoms with van der Waals surface area (Å²) in [5.74, 6) is 0.252. The maximum Gasteiger partial charge on any atom is 0.236 e. The standard InChI is InChI=1S/C11H22N2O.ClH/c1-3-13(11(14)9-12-2)10-7-5-4-6-8-10;/h10,12H,3-9H2,1-2H3;1H. The molecule has 15 heavy (non-hydrogen) atoms. The van der Waals surface area contributed by atoms with Crippen molar-refractivity contribution in [1.29, 1.82) is 0 Å². The van der Waals surface area contributed by atoms with Crippen LogP contribution in [-0.2, 0) is 4.79 Å². The maximum atomic E-state index is 11.7. The minimum Gasteiger partial charge on any atom is -0.339 e. The Kier molecular flexibility index (Phi) is 7.79. The minimum atomic E-state index is 0. The first-order valence-electron chi connectivity index (χ1n) is 5.73.